The van der Waals surface area contributed by atoms with Crippen LogP contribution in [0.5, 0.6) is 11.5 Å². The second-order valence-electron chi connectivity index (χ2n) is 4.82. The van der Waals surface area contributed by atoms with Crippen molar-refractivity contribution in [1.29, 1.82) is 0 Å². The van der Waals surface area contributed by atoms with Crippen LogP contribution in [0.25, 0.3) is 0 Å². The average Bonchev–Trinajstić information content (AvgIpc) is 3.19. The van der Waals surface area contributed by atoms with Gasteiger partial charge in [0, 0.05) is 5.56 Å². The summed E-state index contributed by atoms with van der Waals surface area (Å²) >= 11 is 6.04. The first-order valence-corrected chi connectivity index (χ1v) is 6.55. The molecule has 2 N–H and O–H groups in total. The van der Waals surface area contributed by atoms with Crippen molar-refractivity contribution in [3.8, 4) is 11.5 Å². The molecule has 1 aliphatic heterocycles. The first-order valence-electron chi connectivity index (χ1n) is 6.17. The van der Waals surface area contributed by atoms with Crippen LogP contribution in [-0.2, 0) is 4.79 Å². The van der Waals surface area contributed by atoms with E-state index < -0.39 is 17.4 Å². The molecule has 0 unspecified atom stereocenters. The first-order chi connectivity index (χ1) is 9.52. The van der Waals surface area contributed by atoms with Gasteiger partial charge in [-0.1, -0.05) is 11.6 Å². The van der Waals surface area contributed by atoms with Crippen LogP contribution in [0.2, 0.25) is 5.02 Å². The van der Waals surface area contributed by atoms with Gasteiger partial charge in [0.1, 0.15) is 18.8 Å². The maximum absolute atomic E-state index is 12.1. The smallest absolute Gasteiger partial charge is 0.329 e. The third-order valence-electron chi connectivity index (χ3n) is 3.37. The van der Waals surface area contributed by atoms with Crippen molar-refractivity contribution in [3.05, 3.63) is 22.7 Å². The largest absolute Gasteiger partial charge is 0.486 e. The molecule has 0 radical (unpaired) electrons. The number of carbonyl (C=O) groups excluding carboxylic acids is 1. The summed E-state index contributed by atoms with van der Waals surface area (Å²) in [6.45, 7) is 0.786. The molecule has 0 bridgehead atoms. The van der Waals surface area contributed by atoms with Crippen molar-refractivity contribution in [2.75, 3.05) is 13.2 Å². The molecule has 1 heterocycles. The number of carboxylic acid groups (broad SMARTS) is 1. The molecule has 1 aromatic carbocycles. The Balaban J connectivity index is 1.85. The number of amides is 1. The normalized spacial score (nSPS) is 18.2. The van der Waals surface area contributed by atoms with Crippen LogP contribution in [0.1, 0.15) is 23.2 Å². The lowest BCUT2D eigenvalue weighted by Gasteiger charge is -2.20. The number of rotatable bonds is 3. The molecule has 0 aromatic heterocycles. The molecule has 1 fully saturated rings. The Morgan fingerprint density at radius 3 is 2.60 bits per heavy atom. The van der Waals surface area contributed by atoms with E-state index in [1.54, 1.807) is 0 Å². The van der Waals surface area contributed by atoms with Crippen LogP contribution in [0.3, 0.4) is 0 Å². The number of halogens is 1. The Morgan fingerprint density at radius 2 is 1.95 bits per heavy atom. The molecule has 7 heteroatoms. The van der Waals surface area contributed by atoms with Crippen molar-refractivity contribution in [2.45, 2.75) is 18.4 Å². The highest BCUT2D eigenvalue weighted by atomic mass is 35.5. The molecular formula is C13H12ClNO5. The lowest BCUT2D eigenvalue weighted by Crippen LogP contribution is -2.43. The number of hydrogen-bond donors (Lipinski definition) is 2. The summed E-state index contributed by atoms with van der Waals surface area (Å²) in [6.07, 6.45) is 0.874. The number of ether oxygens (including phenoxy) is 2. The highest BCUT2D eigenvalue weighted by Gasteiger charge is 2.51. The minimum Gasteiger partial charge on any atom is -0.486 e. The molecule has 1 saturated carbocycles. The molecule has 1 amide bonds. The van der Waals surface area contributed by atoms with Crippen LogP contribution >= 0.6 is 11.6 Å². The molecular weight excluding hydrogens is 286 g/mol. The monoisotopic (exact) mass is 297 g/mol. The van der Waals surface area contributed by atoms with Crippen molar-refractivity contribution in [1.82, 2.24) is 5.32 Å². The van der Waals surface area contributed by atoms with E-state index in [1.165, 1.54) is 12.1 Å². The van der Waals surface area contributed by atoms with Gasteiger partial charge in [-0.3, -0.25) is 4.79 Å². The topological polar surface area (TPSA) is 84.9 Å². The van der Waals surface area contributed by atoms with E-state index in [0.29, 0.717) is 37.6 Å². The maximum Gasteiger partial charge on any atom is 0.329 e. The summed E-state index contributed by atoms with van der Waals surface area (Å²) < 4.78 is 10.7. The van der Waals surface area contributed by atoms with E-state index in [4.69, 9.17) is 26.2 Å². The van der Waals surface area contributed by atoms with Gasteiger partial charge in [0.2, 0.25) is 0 Å². The number of nitrogens with one attached hydrogen (secondary N) is 1. The number of fused-ring (bicyclic) bond motifs is 1. The molecule has 0 atom stereocenters. The average molecular weight is 298 g/mol. The standard InChI is InChI=1S/C13H12ClNO5/c14-8-5-7(6-9-10(8)20-4-3-19-9)11(16)15-13(1-2-13)12(17)18/h5-6H,1-4H2,(H,15,16)(H,17,18). The Hall–Kier alpha value is -1.95. The lowest BCUT2D eigenvalue weighted by atomic mass is 10.1. The van der Waals surface area contributed by atoms with Crippen molar-refractivity contribution in [3.63, 3.8) is 0 Å². The Bertz CT molecular complexity index is 597. The SMILES string of the molecule is O=C(NC1(C(=O)O)CC1)c1cc(Cl)c2c(c1)OCCO2. The van der Waals surface area contributed by atoms with E-state index >= 15 is 0 Å². The van der Waals surface area contributed by atoms with Gasteiger partial charge < -0.3 is 19.9 Å². The number of benzene rings is 1. The zero-order chi connectivity index (χ0) is 14.3. The molecule has 0 spiro atoms. The summed E-state index contributed by atoms with van der Waals surface area (Å²) in [5.41, 5.74) is -0.872. The van der Waals surface area contributed by atoms with Gasteiger partial charge in [-0.15, -0.1) is 0 Å². The Kier molecular flexibility index (Phi) is 2.97. The highest BCUT2D eigenvalue weighted by molar-refractivity contribution is 6.32. The summed E-state index contributed by atoms with van der Waals surface area (Å²) in [4.78, 5) is 23.2. The van der Waals surface area contributed by atoms with Crippen LogP contribution in [0, 0.1) is 0 Å². The van der Waals surface area contributed by atoms with E-state index in [9.17, 15) is 9.59 Å². The van der Waals surface area contributed by atoms with Crippen LogP contribution < -0.4 is 14.8 Å². The molecule has 1 aliphatic carbocycles. The summed E-state index contributed by atoms with van der Waals surface area (Å²) in [5.74, 6) is -0.693. The fourth-order valence-electron chi connectivity index (χ4n) is 2.05. The fraction of sp³-hybridized carbons (Fsp3) is 0.385. The predicted octanol–water partition coefficient (Wildman–Crippen LogP) is 1.46. The number of carbonyl (C=O) groups is 2. The van der Waals surface area contributed by atoms with Gasteiger partial charge in [-0.05, 0) is 25.0 Å². The summed E-state index contributed by atoms with van der Waals surface area (Å²) in [7, 11) is 0. The molecule has 20 heavy (non-hydrogen) atoms. The summed E-state index contributed by atoms with van der Waals surface area (Å²) in [5, 5.41) is 11.9. The van der Waals surface area contributed by atoms with E-state index in [2.05, 4.69) is 5.32 Å². The fourth-order valence-corrected chi connectivity index (χ4v) is 2.31. The number of aliphatic carboxylic acids is 1. The quantitative estimate of drug-likeness (QED) is 0.882. The second kappa shape index (κ2) is 4.56. The van der Waals surface area contributed by atoms with Gasteiger partial charge in [-0.2, -0.15) is 0 Å². The zero-order valence-electron chi connectivity index (χ0n) is 10.4. The number of carboxylic acids is 1. The van der Waals surface area contributed by atoms with Crippen LogP contribution in [0.4, 0.5) is 0 Å². The van der Waals surface area contributed by atoms with Gasteiger partial charge in [0.05, 0.1) is 5.02 Å². The lowest BCUT2D eigenvalue weighted by molar-refractivity contribution is -0.140. The van der Waals surface area contributed by atoms with Gasteiger partial charge in [0.15, 0.2) is 11.5 Å². The Morgan fingerprint density at radius 1 is 1.25 bits per heavy atom. The van der Waals surface area contributed by atoms with Crippen molar-refractivity contribution < 1.29 is 24.2 Å². The molecule has 1 aromatic rings. The summed E-state index contributed by atoms with van der Waals surface area (Å²) in [6, 6.07) is 2.95. The van der Waals surface area contributed by atoms with Gasteiger partial charge >= 0.3 is 5.97 Å². The van der Waals surface area contributed by atoms with E-state index in [0.717, 1.165) is 0 Å². The highest BCUT2D eigenvalue weighted by Crippen LogP contribution is 2.39. The van der Waals surface area contributed by atoms with Crippen molar-refractivity contribution >= 4 is 23.5 Å². The minimum absolute atomic E-state index is 0.256. The second-order valence-corrected chi connectivity index (χ2v) is 5.23. The molecule has 6 nitrogen and oxygen atoms in total. The predicted molar refractivity (Wildman–Crippen MR) is 69.5 cm³/mol. The molecule has 3 rings (SSSR count). The third kappa shape index (κ3) is 2.16. The van der Waals surface area contributed by atoms with E-state index in [1.807, 2.05) is 0 Å². The first kappa shape index (κ1) is 13.1. The van der Waals surface area contributed by atoms with Crippen LogP contribution in [-0.4, -0.2) is 35.7 Å². The Labute approximate surface area is 119 Å². The maximum atomic E-state index is 12.1. The number of hydrogen-bond acceptors (Lipinski definition) is 4. The van der Waals surface area contributed by atoms with Crippen molar-refractivity contribution in [2.24, 2.45) is 0 Å². The minimum atomic E-state index is -1.13. The zero-order valence-corrected chi connectivity index (χ0v) is 11.2. The van der Waals surface area contributed by atoms with Gasteiger partial charge in [0.25, 0.3) is 5.91 Å². The third-order valence-corrected chi connectivity index (χ3v) is 3.65. The molecule has 0 saturated heterocycles. The van der Waals surface area contributed by atoms with Gasteiger partial charge in [-0.25, -0.2) is 4.79 Å². The molecule has 106 valence electrons. The van der Waals surface area contributed by atoms with E-state index in [-0.39, 0.29) is 10.6 Å². The molecule has 2 aliphatic rings. The van der Waals surface area contributed by atoms with Crippen LogP contribution in [0.15, 0.2) is 12.1 Å².